The first-order valence-corrected chi connectivity index (χ1v) is 15.1. The number of aliphatic hydroxyl groups excluding tert-OH is 1. The van der Waals surface area contributed by atoms with Crippen molar-refractivity contribution in [1.82, 2.24) is 4.90 Å². The lowest BCUT2D eigenvalue weighted by atomic mass is 9.69. The van der Waals surface area contributed by atoms with E-state index in [-0.39, 0.29) is 20.0 Å². The molecule has 0 unspecified atom stereocenters. The molecule has 0 aromatic heterocycles. The second-order valence-corrected chi connectivity index (χ2v) is 12.1. The molecule has 0 bridgehead atoms. The number of methoxy groups -OCH3 is 2. The SMILES string of the molecule is COc1ccc([C@H](O)[C@@H]2C(=O)OC[C@H]2[C@](C#N)(c2ccc3c(c2)OCO3)N(C)[C@H]2COC(C)(C)O[C@H]2c2ccccc2)cc1OC. The Morgan fingerprint density at radius 3 is 2.43 bits per heavy atom. The van der Waals surface area contributed by atoms with Gasteiger partial charge in [-0.1, -0.05) is 42.5 Å². The molecule has 3 aliphatic heterocycles. The highest BCUT2D eigenvalue weighted by atomic mass is 16.7. The number of nitriles is 1. The maximum absolute atomic E-state index is 13.6. The molecule has 3 aromatic rings. The minimum atomic E-state index is -1.54. The number of ether oxygens (including phenoxy) is 7. The van der Waals surface area contributed by atoms with Crippen molar-refractivity contribution in [3.8, 4) is 29.1 Å². The molecule has 2 fully saturated rings. The molecule has 0 saturated carbocycles. The van der Waals surface area contributed by atoms with Gasteiger partial charge in [-0.15, -0.1) is 0 Å². The monoisotopic (exact) mass is 630 g/mol. The van der Waals surface area contributed by atoms with Gasteiger partial charge in [0.05, 0.1) is 51.6 Å². The molecule has 3 aromatic carbocycles. The van der Waals surface area contributed by atoms with Gasteiger partial charge in [-0.25, -0.2) is 0 Å². The summed E-state index contributed by atoms with van der Waals surface area (Å²) in [6, 6.07) is 22.1. The number of carbonyl (C=O) groups is 1. The number of rotatable bonds is 9. The Hall–Kier alpha value is -4.34. The number of hydrogen-bond donors (Lipinski definition) is 1. The van der Waals surface area contributed by atoms with Crippen molar-refractivity contribution >= 4 is 5.97 Å². The van der Waals surface area contributed by atoms with E-state index in [0.717, 1.165) is 5.56 Å². The van der Waals surface area contributed by atoms with E-state index in [1.165, 1.54) is 14.2 Å². The Morgan fingerprint density at radius 1 is 0.978 bits per heavy atom. The molecule has 0 spiro atoms. The number of hydrogen-bond acceptors (Lipinski definition) is 11. The third kappa shape index (κ3) is 5.41. The summed E-state index contributed by atoms with van der Waals surface area (Å²) in [7, 11) is 4.83. The summed E-state index contributed by atoms with van der Waals surface area (Å²) >= 11 is 0. The average molecular weight is 631 g/mol. The van der Waals surface area contributed by atoms with Gasteiger partial charge in [0.1, 0.15) is 11.6 Å². The highest BCUT2D eigenvalue weighted by molar-refractivity contribution is 5.76. The Morgan fingerprint density at radius 2 is 1.72 bits per heavy atom. The van der Waals surface area contributed by atoms with Crippen LogP contribution in [-0.4, -0.2) is 69.1 Å². The van der Waals surface area contributed by atoms with E-state index in [9.17, 15) is 15.2 Å². The van der Waals surface area contributed by atoms with Gasteiger partial charge in [0, 0.05) is 5.92 Å². The number of cyclic esters (lactones) is 1. The minimum Gasteiger partial charge on any atom is -0.493 e. The second-order valence-electron chi connectivity index (χ2n) is 12.1. The number of aliphatic hydroxyl groups is 1. The van der Waals surface area contributed by atoms with E-state index in [1.807, 2.05) is 56.1 Å². The van der Waals surface area contributed by atoms with Crippen molar-refractivity contribution in [1.29, 1.82) is 5.26 Å². The molecule has 0 radical (unpaired) electrons. The Balaban J connectivity index is 1.49. The van der Waals surface area contributed by atoms with E-state index in [4.69, 9.17) is 33.2 Å². The topological polar surface area (TPSA) is 129 Å². The van der Waals surface area contributed by atoms with Crippen molar-refractivity contribution in [2.75, 3.05) is 41.3 Å². The molecular weight excluding hydrogens is 592 g/mol. The maximum atomic E-state index is 13.6. The van der Waals surface area contributed by atoms with Crippen molar-refractivity contribution in [2.45, 2.75) is 43.4 Å². The fraction of sp³-hybridized carbons (Fsp3) is 0.429. The molecule has 3 aliphatic rings. The zero-order chi connectivity index (χ0) is 32.6. The molecule has 11 heteroatoms. The third-order valence-electron chi connectivity index (χ3n) is 9.26. The standard InChI is InChI=1S/C35H38N2O9/c1-34(2)45-18-25(32(46-34)21-9-7-6-8-10-21)37(3)35(19-36,23-12-14-27-29(16-23)44-20-43-27)24-17-42-33(39)30(24)31(38)22-11-13-26(40-4)28(15-22)41-5/h6-16,24-25,30-32,38H,17-18,20H2,1-5H3/t24-,25+,30-,31+,32+,35+/m1/s1. The van der Waals surface area contributed by atoms with Crippen LogP contribution in [0.25, 0.3) is 0 Å². The lowest BCUT2D eigenvalue weighted by Gasteiger charge is -2.51. The quantitative estimate of drug-likeness (QED) is 0.336. The van der Waals surface area contributed by atoms with Gasteiger partial charge in [-0.3, -0.25) is 9.69 Å². The van der Waals surface area contributed by atoms with E-state index < -0.39 is 47.4 Å². The summed E-state index contributed by atoms with van der Waals surface area (Å²) in [5.41, 5.74) is 0.335. The van der Waals surface area contributed by atoms with Crippen molar-refractivity contribution in [3.05, 3.63) is 83.4 Å². The van der Waals surface area contributed by atoms with Crippen LogP contribution >= 0.6 is 0 Å². The van der Waals surface area contributed by atoms with Gasteiger partial charge in [-0.05, 0) is 61.9 Å². The summed E-state index contributed by atoms with van der Waals surface area (Å²) in [5, 5.41) is 23.3. The molecule has 46 heavy (non-hydrogen) atoms. The van der Waals surface area contributed by atoms with Gasteiger partial charge < -0.3 is 38.3 Å². The Kier molecular flexibility index (Phi) is 8.56. The van der Waals surface area contributed by atoms with Crippen LogP contribution in [0, 0.1) is 23.2 Å². The van der Waals surface area contributed by atoms with E-state index >= 15 is 0 Å². The summed E-state index contributed by atoms with van der Waals surface area (Å²) in [6.07, 6.45) is -1.83. The largest absolute Gasteiger partial charge is 0.493 e. The number of nitrogens with zero attached hydrogens (tertiary/aromatic N) is 2. The number of fused-ring (bicyclic) bond motifs is 1. The maximum Gasteiger partial charge on any atom is 0.312 e. The zero-order valence-electron chi connectivity index (χ0n) is 26.5. The van der Waals surface area contributed by atoms with Crippen molar-refractivity contribution in [3.63, 3.8) is 0 Å². The smallest absolute Gasteiger partial charge is 0.312 e. The fourth-order valence-electron chi connectivity index (χ4n) is 6.85. The predicted octanol–water partition coefficient (Wildman–Crippen LogP) is 4.50. The van der Waals surface area contributed by atoms with Gasteiger partial charge in [0.15, 0.2) is 28.8 Å². The molecule has 0 amide bonds. The fourth-order valence-corrected chi connectivity index (χ4v) is 6.85. The molecule has 0 aliphatic carbocycles. The molecule has 3 heterocycles. The average Bonchev–Trinajstić information content (AvgIpc) is 3.71. The first-order valence-electron chi connectivity index (χ1n) is 15.1. The zero-order valence-corrected chi connectivity index (χ0v) is 26.5. The van der Waals surface area contributed by atoms with E-state index in [0.29, 0.717) is 34.1 Å². The van der Waals surface area contributed by atoms with Gasteiger partial charge >= 0.3 is 5.97 Å². The van der Waals surface area contributed by atoms with Crippen LogP contribution in [0.3, 0.4) is 0 Å². The summed E-state index contributed by atoms with van der Waals surface area (Å²) in [4.78, 5) is 15.5. The number of esters is 1. The van der Waals surface area contributed by atoms with E-state index in [1.54, 1.807) is 36.4 Å². The number of carbonyl (C=O) groups excluding carboxylic acids is 1. The van der Waals surface area contributed by atoms with Crippen LogP contribution in [-0.2, 0) is 24.5 Å². The predicted molar refractivity (Wildman–Crippen MR) is 164 cm³/mol. The van der Waals surface area contributed by atoms with Crippen molar-refractivity contribution < 1.29 is 43.1 Å². The highest BCUT2D eigenvalue weighted by Crippen LogP contribution is 2.51. The molecule has 6 rings (SSSR count). The summed E-state index contributed by atoms with van der Waals surface area (Å²) in [5.74, 6) is -1.57. The minimum absolute atomic E-state index is 0.0509. The third-order valence-corrected chi connectivity index (χ3v) is 9.26. The van der Waals surface area contributed by atoms with Gasteiger partial charge in [0.25, 0.3) is 0 Å². The molecule has 242 valence electrons. The van der Waals surface area contributed by atoms with Crippen LogP contribution < -0.4 is 18.9 Å². The highest BCUT2D eigenvalue weighted by Gasteiger charge is 2.59. The van der Waals surface area contributed by atoms with E-state index in [2.05, 4.69) is 6.07 Å². The van der Waals surface area contributed by atoms with Crippen LogP contribution in [0.1, 0.15) is 42.7 Å². The first-order chi connectivity index (χ1) is 22.1. The lowest BCUT2D eigenvalue weighted by molar-refractivity contribution is -0.301. The molecular formula is C35H38N2O9. The van der Waals surface area contributed by atoms with Crippen LogP contribution in [0.4, 0.5) is 0 Å². The van der Waals surface area contributed by atoms with Crippen molar-refractivity contribution in [2.24, 2.45) is 11.8 Å². The van der Waals surface area contributed by atoms with Crippen LogP contribution in [0.5, 0.6) is 23.0 Å². The molecule has 11 nitrogen and oxygen atoms in total. The number of benzene rings is 3. The molecule has 1 N–H and O–H groups in total. The lowest BCUT2D eigenvalue weighted by Crippen LogP contribution is -2.60. The first kappa shape index (κ1) is 31.6. The normalized spacial score (nSPS) is 25.3. The second kappa shape index (κ2) is 12.5. The molecule has 2 saturated heterocycles. The molecule has 6 atom stereocenters. The summed E-state index contributed by atoms with van der Waals surface area (Å²) in [6.45, 7) is 3.87. The Bertz CT molecular complexity index is 1620. The van der Waals surface area contributed by atoms with Crippen LogP contribution in [0.2, 0.25) is 0 Å². The Labute approximate surface area is 268 Å². The van der Waals surface area contributed by atoms with Gasteiger partial charge in [0.2, 0.25) is 6.79 Å². The van der Waals surface area contributed by atoms with Gasteiger partial charge in [-0.2, -0.15) is 5.26 Å². The van der Waals surface area contributed by atoms with Crippen LogP contribution in [0.15, 0.2) is 66.7 Å². The number of likely N-dealkylation sites (N-methyl/N-ethyl adjacent to an activating group) is 1. The summed E-state index contributed by atoms with van der Waals surface area (Å²) < 4.78 is 40.5.